The number of aromatic nitrogens is 4. The van der Waals surface area contributed by atoms with E-state index in [1.807, 2.05) is 69.6 Å². The summed E-state index contributed by atoms with van der Waals surface area (Å²) in [5.41, 5.74) is 23.8. The molecule has 0 spiro atoms. The fourth-order valence-electron chi connectivity index (χ4n) is 15.9. The molecular weight excluding hydrogens is 1430 g/mol. The molecule has 0 fully saturated rings. The Bertz CT molecular complexity index is 7120. The Hall–Kier alpha value is -13.4. The highest BCUT2D eigenvalue weighted by molar-refractivity contribution is 7.27. The number of fused-ring (bicyclic) bond motifs is 12. The fourth-order valence-corrected chi connectivity index (χ4v) is 20.5. The van der Waals surface area contributed by atoms with Crippen molar-refractivity contribution in [2.24, 2.45) is 0 Å². The monoisotopic (exact) mass is 1500 g/mol. The predicted octanol–water partition coefficient (Wildman–Crippen LogP) is 30.4. The molecule has 0 bridgehead atoms. The van der Waals surface area contributed by atoms with Crippen molar-refractivity contribution < 1.29 is 0 Å². The third-order valence-corrected chi connectivity index (χ3v) is 26.1. The van der Waals surface area contributed by atoms with Gasteiger partial charge in [0.15, 0.2) is 11.6 Å². The van der Waals surface area contributed by atoms with E-state index in [1.165, 1.54) is 125 Å². The number of nitrogens with zero attached hydrogens (tertiary/aromatic N) is 4. The van der Waals surface area contributed by atoms with Crippen molar-refractivity contribution in [3.8, 4) is 135 Å². The van der Waals surface area contributed by atoms with E-state index in [9.17, 15) is 0 Å². The molecule has 22 rings (SSSR count). The first-order valence-corrected chi connectivity index (χ1v) is 40.9. The first kappa shape index (κ1) is 66.7. The highest BCUT2D eigenvalue weighted by Gasteiger charge is 2.21. The van der Waals surface area contributed by atoms with Crippen LogP contribution in [-0.4, -0.2) is 19.9 Å². The van der Waals surface area contributed by atoms with E-state index in [-0.39, 0.29) is 0 Å². The standard InChI is InChI=1S/2C52H32N2S2/c1-3-14-33(15-4-1)35-18-11-19-36(28-35)46-32-47(54-52(53-46)34-16-5-2-6-17-34)39-30-37(40-22-12-24-44-42-20-7-9-26-48(42)55-50(40)44)29-38(31-39)41-23-13-25-45-43-21-8-10-27-49(43)56-51(41)45;1-3-12-33(13-4-1)35-16-11-17-38(26-35)46-32-47(54-52(53-46)34-14-5-2-6-15-34)41-28-39(36-22-24-50-44(30-36)42-18-7-9-20-48(42)55-50)27-40(29-41)37-23-25-51-45(31-37)43-19-8-10-21-49(43)56-51/h2*1-32H. The molecule has 8 heteroatoms. The van der Waals surface area contributed by atoms with E-state index in [1.54, 1.807) is 0 Å². The Morgan fingerprint density at radius 3 is 0.821 bits per heavy atom. The highest BCUT2D eigenvalue weighted by Crippen LogP contribution is 2.47. The molecule has 16 aromatic carbocycles. The van der Waals surface area contributed by atoms with Gasteiger partial charge in [-0.15, -0.1) is 45.3 Å². The average Bonchev–Trinajstić information content (AvgIpc) is 1.60. The second-order valence-electron chi connectivity index (χ2n) is 28.3. The molecule has 0 N–H and O–H groups in total. The number of benzene rings is 16. The van der Waals surface area contributed by atoms with Crippen molar-refractivity contribution in [3.63, 3.8) is 0 Å². The topological polar surface area (TPSA) is 51.6 Å². The third-order valence-electron chi connectivity index (χ3n) is 21.4. The molecule has 0 radical (unpaired) electrons. The van der Waals surface area contributed by atoms with Gasteiger partial charge in [-0.2, -0.15) is 0 Å². The summed E-state index contributed by atoms with van der Waals surface area (Å²) in [6.07, 6.45) is 0. The molecule has 0 aliphatic heterocycles. The highest BCUT2D eigenvalue weighted by atomic mass is 32.1. The molecule has 112 heavy (non-hydrogen) atoms. The molecule has 22 aromatic rings. The zero-order valence-electron chi connectivity index (χ0n) is 60.4. The predicted molar refractivity (Wildman–Crippen MR) is 481 cm³/mol. The van der Waals surface area contributed by atoms with Crippen molar-refractivity contribution in [1.82, 2.24) is 19.9 Å². The summed E-state index contributed by atoms with van der Waals surface area (Å²) in [6.45, 7) is 0. The first-order valence-electron chi connectivity index (χ1n) is 37.6. The SMILES string of the molecule is c1ccc(-c2cccc(-c3cc(-c4cc(-c5ccc6sc7ccccc7c6c5)cc(-c5ccc6sc7ccccc7c6c5)c4)nc(-c4ccccc4)n3)c2)cc1.c1ccc(-c2cccc(-c3cc(-c4cc(-c5cccc6c5sc5ccccc56)cc(-c5cccc6c5sc5ccccc56)c4)nc(-c4ccccc4)n3)c2)cc1. The van der Waals surface area contributed by atoms with Gasteiger partial charge < -0.3 is 0 Å². The molecule has 0 saturated carbocycles. The summed E-state index contributed by atoms with van der Waals surface area (Å²) in [5, 5.41) is 10.3. The minimum absolute atomic E-state index is 0.701. The lowest BCUT2D eigenvalue weighted by Gasteiger charge is -2.14. The summed E-state index contributed by atoms with van der Waals surface area (Å²) in [5.74, 6) is 1.40. The van der Waals surface area contributed by atoms with E-state index in [4.69, 9.17) is 19.9 Å². The van der Waals surface area contributed by atoms with Gasteiger partial charge in [0.1, 0.15) is 0 Å². The van der Waals surface area contributed by atoms with E-state index >= 15 is 0 Å². The van der Waals surface area contributed by atoms with Crippen LogP contribution in [0, 0.1) is 0 Å². The fraction of sp³-hybridized carbons (Fsp3) is 0. The molecule has 6 heterocycles. The normalized spacial score (nSPS) is 11.6. The molecule has 0 saturated heterocycles. The van der Waals surface area contributed by atoms with Crippen LogP contribution in [0.3, 0.4) is 0 Å². The molecule has 0 aliphatic rings. The Labute approximate surface area is 663 Å². The average molecular weight is 1500 g/mol. The van der Waals surface area contributed by atoms with E-state index in [0.717, 1.165) is 78.4 Å². The summed E-state index contributed by atoms with van der Waals surface area (Å²) >= 11 is 7.44. The van der Waals surface area contributed by atoms with Crippen LogP contribution in [0.15, 0.2) is 388 Å². The maximum atomic E-state index is 5.34. The minimum Gasteiger partial charge on any atom is -0.228 e. The number of hydrogen-bond donors (Lipinski definition) is 0. The van der Waals surface area contributed by atoms with Crippen LogP contribution in [0.25, 0.3) is 215 Å². The lowest BCUT2D eigenvalue weighted by Crippen LogP contribution is -1.97. The molecule has 4 nitrogen and oxygen atoms in total. The Balaban J connectivity index is 0.000000141. The molecule has 0 atom stereocenters. The molecule has 0 unspecified atom stereocenters. The maximum Gasteiger partial charge on any atom is 0.160 e. The molecule has 524 valence electrons. The van der Waals surface area contributed by atoms with Gasteiger partial charge in [0.2, 0.25) is 0 Å². The second kappa shape index (κ2) is 28.5. The van der Waals surface area contributed by atoms with Crippen molar-refractivity contribution in [1.29, 1.82) is 0 Å². The maximum absolute atomic E-state index is 5.34. The zero-order chi connectivity index (χ0) is 74.0. The van der Waals surface area contributed by atoms with Gasteiger partial charge in [0.25, 0.3) is 0 Å². The Morgan fingerprint density at radius 2 is 0.411 bits per heavy atom. The van der Waals surface area contributed by atoms with E-state index in [0.29, 0.717) is 11.6 Å². The molecule has 0 aliphatic carbocycles. The van der Waals surface area contributed by atoms with Crippen LogP contribution >= 0.6 is 45.3 Å². The van der Waals surface area contributed by atoms with Crippen LogP contribution in [-0.2, 0) is 0 Å². The van der Waals surface area contributed by atoms with Gasteiger partial charge >= 0.3 is 0 Å². The van der Waals surface area contributed by atoms with Gasteiger partial charge in [0, 0.05) is 114 Å². The van der Waals surface area contributed by atoms with Gasteiger partial charge in [-0.1, -0.05) is 279 Å². The number of thiophene rings is 4. The van der Waals surface area contributed by atoms with E-state index < -0.39 is 0 Å². The Morgan fingerprint density at radius 1 is 0.143 bits per heavy atom. The van der Waals surface area contributed by atoms with Crippen molar-refractivity contribution in [2.75, 3.05) is 0 Å². The van der Waals surface area contributed by atoms with Crippen LogP contribution in [0.1, 0.15) is 0 Å². The van der Waals surface area contributed by atoms with Crippen LogP contribution < -0.4 is 0 Å². The van der Waals surface area contributed by atoms with Gasteiger partial charge in [-0.25, -0.2) is 19.9 Å². The minimum atomic E-state index is 0.701. The molecule has 0 amide bonds. The quantitative estimate of drug-likeness (QED) is 0.122. The largest absolute Gasteiger partial charge is 0.228 e. The van der Waals surface area contributed by atoms with Gasteiger partial charge in [0.05, 0.1) is 22.8 Å². The van der Waals surface area contributed by atoms with Gasteiger partial charge in [-0.3, -0.25) is 0 Å². The van der Waals surface area contributed by atoms with Gasteiger partial charge in [-0.05, 0) is 176 Å². The molecule has 6 aromatic heterocycles. The second-order valence-corrected chi connectivity index (χ2v) is 32.6. The van der Waals surface area contributed by atoms with Crippen molar-refractivity contribution in [3.05, 3.63) is 388 Å². The first-order chi connectivity index (χ1) is 55.4. The summed E-state index contributed by atoms with van der Waals surface area (Å²) in [6, 6.07) is 140. The lowest BCUT2D eigenvalue weighted by atomic mass is 9.93. The van der Waals surface area contributed by atoms with Crippen molar-refractivity contribution >= 4 is 126 Å². The zero-order valence-corrected chi connectivity index (χ0v) is 63.6. The van der Waals surface area contributed by atoms with Crippen LogP contribution in [0.5, 0.6) is 0 Å². The van der Waals surface area contributed by atoms with E-state index in [2.05, 4.69) is 364 Å². The third kappa shape index (κ3) is 12.6. The van der Waals surface area contributed by atoms with Crippen molar-refractivity contribution in [2.45, 2.75) is 0 Å². The summed E-state index contributed by atoms with van der Waals surface area (Å²) in [7, 11) is 0. The number of hydrogen-bond acceptors (Lipinski definition) is 8. The van der Waals surface area contributed by atoms with Crippen LogP contribution in [0.2, 0.25) is 0 Å². The Kier molecular flexibility index (Phi) is 17.0. The summed E-state index contributed by atoms with van der Waals surface area (Å²) in [4.78, 5) is 21.1. The smallest absolute Gasteiger partial charge is 0.160 e. The number of rotatable bonds is 12. The van der Waals surface area contributed by atoms with Crippen LogP contribution in [0.4, 0.5) is 0 Å². The molecular formula is C104H64N4S4. The summed E-state index contributed by atoms with van der Waals surface area (Å²) < 4.78 is 10.4. The lowest BCUT2D eigenvalue weighted by molar-refractivity contribution is 1.18.